The number of carbonyl (C=O) groups is 3. The third-order valence-corrected chi connectivity index (χ3v) is 9.25. The number of ether oxygens (including phenoxy) is 4. The van der Waals surface area contributed by atoms with Gasteiger partial charge in [-0.1, -0.05) is 79.9 Å². The van der Waals surface area contributed by atoms with Gasteiger partial charge in [-0.2, -0.15) is 0 Å². The van der Waals surface area contributed by atoms with Gasteiger partial charge in [0, 0.05) is 7.05 Å². The molecule has 1 atom stereocenters. The third-order valence-electron chi connectivity index (χ3n) is 7.78. The molecule has 1 aliphatic carbocycles. The van der Waals surface area contributed by atoms with Crippen molar-refractivity contribution in [3.05, 3.63) is 71.8 Å². The molecule has 0 amide bonds. The van der Waals surface area contributed by atoms with Gasteiger partial charge in [0.05, 0.1) is 26.4 Å². The monoisotopic (exact) mass is 705 g/mol. The van der Waals surface area contributed by atoms with Gasteiger partial charge < -0.3 is 34.7 Å². The summed E-state index contributed by atoms with van der Waals surface area (Å²) in [6.07, 6.45) is 4.18. The van der Waals surface area contributed by atoms with E-state index >= 15 is 0 Å². The predicted molar refractivity (Wildman–Crippen MR) is 181 cm³/mol. The zero-order valence-electron chi connectivity index (χ0n) is 28.0. The number of aliphatic carboxylic acids is 1. The molecule has 0 heterocycles. The summed E-state index contributed by atoms with van der Waals surface area (Å²) in [6, 6.07) is 17.4. The van der Waals surface area contributed by atoms with Crippen LogP contribution in [0.25, 0.3) is 0 Å². The molecule has 14 nitrogen and oxygen atoms in total. The van der Waals surface area contributed by atoms with Crippen molar-refractivity contribution < 1.29 is 52.1 Å². The van der Waals surface area contributed by atoms with Crippen molar-refractivity contribution >= 4 is 32.0 Å². The van der Waals surface area contributed by atoms with Gasteiger partial charge in [0.15, 0.2) is 0 Å². The van der Waals surface area contributed by atoms with E-state index in [0.29, 0.717) is 25.7 Å². The van der Waals surface area contributed by atoms with Gasteiger partial charge in [0.25, 0.3) is 0 Å². The van der Waals surface area contributed by atoms with Crippen molar-refractivity contribution in [2.45, 2.75) is 77.0 Å². The molecule has 3 N–H and O–H groups in total. The Labute approximate surface area is 287 Å². The first-order valence-electron chi connectivity index (χ1n) is 16.5. The predicted octanol–water partition coefficient (Wildman–Crippen LogP) is 6.67. The molecule has 0 aromatic heterocycles. The van der Waals surface area contributed by atoms with E-state index in [2.05, 4.69) is 4.76 Å². The lowest BCUT2D eigenvalue weighted by Crippen LogP contribution is -2.50. The van der Waals surface area contributed by atoms with Crippen LogP contribution in [0.4, 0.5) is 9.59 Å². The molecule has 2 aromatic rings. The second kappa shape index (κ2) is 21.8. The van der Waals surface area contributed by atoms with Crippen LogP contribution in [-0.4, -0.2) is 73.8 Å². The number of rotatable bonds is 20. The van der Waals surface area contributed by atoms with Crippen molar-refractivity contribution in [1.82, 2.24) is 4.90 Å². The summed E-state index contributed by atoms with van der Waals surface area (Å²) in [4.78, 5) is 37.3. The Morgan fingerprint density at radius 2 is 1.22 bits per heavy atom. The van der Waals surface area contributed by atoms with Gasteiger partial charge >= 0.3 is 26.0 Å². The van der Waals surface area contributed by atoms with E-state index < -0.39 is 32.1 Å². The molecule has 0 radical (unpaired) electrons. The molecule has 270 valence electrons. The maximum absolute atomic E-state index is 13.7. The van der Waals surface area contributed by atoms with Gasteiger partial charge in [-0.05, 0) is 55.6 Å². The van der Waals surface area contributed by atoms with Gasteiger partial charge in [-0.25, -0.2) is 18.9 Å². The van der Waals surface area contributed by atoms with Gasteiger partial charge in [0.1, 0.15) is 19.3 Å². The first-order valence-corrected chi connectivity index (χ1v) is 18.0. The average Bonchev–Trinajstić information content (AvgIpc) is 3.10. The minimum atomic E-state index is -4.20. The first-order chi connectivity index (χ1) is 23.7. The molecule has 0 spiro atoms. The smallest absolute Gasteiger partial charge is 0.480 e. The van der Waals surface area contributed by atoms with Crippen LogP contribution < -0.4 is 5.73 Å². The summed E-state index contributed by atoms with van der Waals surface area (Å²) in [5, 5.41) is 9.98. The van der Waals surface area contributed by atoms with Crippen LogP contribution in [0, 0.1) is 5.92 Å². The van der Waals surface area contributed by atoms with Crippen molar-refractivity contribution in [3.63, 3.8) is 0 Å². The van der Waals surface area contributed by atoms with Crippen LogP contribution >= 0.6 is 7.75 Å². The van der Waals surface area contributed by atoms with E-state index in [1.807, 2.05) is 60.7 Å². The lowest BCUT2D eigenvalue weighted by atomic mass is 9.83. The summed E-state index contributed by atoms with van der Waals surface area (Å²) in [5.74, 6) is -1.46. The number of carboxylic acids is 1. The normalized spacial score (nSPS) is 14.4. The van der Waals surface area contributed by atoms with Crippen LogP contribution in [0.15, 0.2) is 65.4 Å². The Hall–Kier alpha value is -4.13. The SMILES string of the molecule is CN(C(N)=NP(=O)(OCCCCOC(=O)OCc1ccccc1)OCCCCOC(=O)OCc1ccccc1)C(C(=O)O)C1CCCCC1. The Bertz CT molecular complexity index is 1290. The molecule has 1 unspecified atom stereocenters. The highest BCUT2D eigenvalue weighted by Gasteiger charge is 2.35. The number of unbranched alkanes of at least 4 members (excludes halogenated alkanes) is 2. The molecule has 1 saturated carbocycles. The van der Waals surface area contributed by atoms with Crippen molar-refractivity contribution in [2.24, 2.45) is 16.4 Å². The number of hydrogen-bond acceptors (Lipinski definition) is 10. The van der Waals surface area contributed by atoms with E-state index in [9.17, 15) is 24.1 Å². The fraction of sp³-hybridized carbons (Fsp3) is 0.529. The van der Waals surface area contributed by atoms with Crippen LogP contribution in [0.3, 0.4) is 0 Å². The molecule has 3 rings (SSSR count). The molecular formula is C34H48N3O11P. The minimum absolute atomic E-state index is 0.0474. The molecule has 1 aliphatic rings. The zero-order valence-corrected chi connectivity index (χ0v) is 28.9. The Morgan fingerprint density at radius 3 is 1.67 bits per heavy atom. The largest absolute Gasteiger partial charge is 0.508 e. The Kier molecular flexibility index (Phi) is 17.5. The van der Waals surface area contributed by atoms with Crippen molar-refractivity contribution in [2.75, 3.05) is 33.5 Å². The van der Waals surface area contributed by atoms with Crippen LogP contribution in [0.2, 0.25) is 0 Å². The molecular weight excluding hydrogens is 657 g/mol. The van der Waals surface area contributed by atoms with E-state index in [1.54, 1.807) is 0 Å². The van der Waals surface area contributed by atoms with Crippen LogP contribution in [0.5, 0.6) is 0 Å². The number of hydrogen-bond donors (Lipinski definition) is 2. The summed E-state index contributed by atoms with van der Waals surface area (Å²) < 4.78 is 49.3. The second-order valence-electron chi connectivity index (χ2n) is 11.5. The maximum Gasteiger partial charge on any atom is 0.508 e. The lowest BCUT2D eigenvalue weighted by molar-refractivity contribution is -0.143. The fourth-order valence-electron chi connectivity index (χ4n) is 5.16. The van der Waals surface area contributed by atoms with E-state index in [0.717, 1.165) is 43.2 Å². The highest BCUT2D eigenvalue weighted by molar-refractivity contribution is 7.52. The number of carboxylic acid groups (broad SMARTS) is 1. The number of carbonyl (C=O) groups excluding carboxylic acids is 2. The number of likely N-dealkylation sites (N-methyl/N-ethyl adjacent to an activating group) is 1. The molecule has 0 bridgehead atoms. The summed E-state index contributed by atoms with van der Waals surface area (Å²) in [7, 11) is -2.70. The highest BCUT2D eigenvalue weighted by Crippen LogP contribution is 2.50. The number of nitrogens with two attached hydrogens (primary N) is 1. The zero-order chi connectivity index (χ0) is 35.3. The van der Waals surface area contributed by atoms with Gasteiger partial charge in [-0.3, -0.25) is 9.05 Å². The summed E-state index contributed by atoms with van der Waals surface area (Å²) >= 11 is 0. The molecule has 0 saturated heterocycles. The third kappa shape index (κ3) is 15.3. The van der Waals surface area contributed by atoms with Crippen molar-refractivity contribution in [1.29, 1.82) is 0 Å². The topological polar surface area (TPSA) is 186 Å². The second-order valence-corrected chi connectivity index (χ2v) is 13.2. The molecule has 0 aliphatic heterocycles. The van der Waals surface area contributed by atoms with Gasteiger partial charge in [0.2, 0.25) is 5.96 Å². The summed E-state index contributed by atoms with van der Waals surface area (Å²) in [5.41, 5.74) is 7.86. The maximum atomic E-state index is 13.7. The molecule has 1 fully saturated rings. The highest BCUT2D eigenvalue weighted by atomic mass is 31.2. The van der Waals surface area contributed by atoms with E-state index in [4.69, 9.17) is 33.7 Å². The molecule has 49 heavy (non-hydrogen) atoms. The minimum Gasteiger partial charge on any atom is -0.480 e. The number of nitrogens with zero attached hydrogens (tertiary/aromatic N) is 2. The van der Waals surface area contributed by atoms with Gasteiger partial charge in [-0.15, -0.1) is 4.76 Å². The Balaban J connectivity index is 1.47. The average molecular weight is 706 g/mol. The molecule has 2 aromatic carbocycles. The lowest BCUT2D eigenvalue weighted by Gasteiger charge is -2.34. The Morgan fingerprint density at radius 1 is 0.776 bits per heavy atom. The van der Waals surface area contributed by atoms with E-state index in [-0.39, 0.29) is 51.5 Å². The quantitative estimate of drug-likeness (QED) is 0.0489. The van der Waals surface area contributed by atoms with Crippen LogP contribution in [0.1, 0.15) is 68.9 Å². The number of guanidine groups is 1. The standard InChI is InChI=1S/C34H48N3O11P/c1-37(30(31(38)39)29-19-9-4-10-20-29)32(35)36-49(42,47-23-13-11-21-43-33(40)45-25-27-15-5-2-6-16-27)48-24-14-12-22-44-34(41)46-26-28-17-7-3-8-18-28/h2-3,5-8,15-18,29-30H,4,9-14,19-26H2,1H3,(H,38,39)(H2,35,36,42). The summed E-state index contributed by atoms with van der Waals surface area (Å²) in [6.45, 7) is 0.136. The molecule has 15 heteroatoms. The van der Waals surface area contributed by atoms with Crippen molar-refractivity contribution in [3.8, 4) is 0 Å². The van der Waals surface area contributed by atoms with Crippen LogP contribution in [-0.2, 0) is 50.6 Å². The fourth-order valence-corrected chi connectivity index (χ4v) is 6.46. The van der Waals surface area contributed by atoms with E-state index in [1.165, 1.54) is 11.9 Å². The number of benzene rings is 2. The first kappa shape index (κ1) is 39.3.